The molecule has 2 aromatic heterocycles. The molecule has 1 saturated heterocycles. The van der Waals surface area contributed by atoms with Crippen LogP contribution in [0.25, 0.3) is 11.3 Å². The Balaban J connectivity index is 1.16. The van der Waals surface area contributed by atoms with Crippen molar-refractivity contribution < 1.29 is 18.4 Å². The molecule has 200 valence electrons. The van der Waals surface area contributed by atoms with Crippen LogP contribution in [0.15, 0.2) is 75.8 Å². The van der Waals surface area contributed by atoms with Crippen LogP contribution in [0.1, 0.15) is 21.1 Å². The third-order valence-corrected chi connectivity index (χ3v) is 7.44. The Morgan fingerprint density at radius 2 is 1.67 bits per heavy atom. The summed E-state index contributed by atoms with van der Waals surface area (Å²) in [5.74, 6) is 0.141. The van der Waals surface area contributed by atoms with E-state index >= 15 is 0 Å². The second-order valence-electron chi connectivity index (χ2n) is 8.60. The van der Waals surface area contributed by atoms with Crippen molar-refractivity contribution in [1.29, 1.82) is 0 Å². The molecule has 39 heavy (non-hydrogen) atoms. The molecule has 4 aromatic rings. The summed E-state index contributed by atoms with van der Waals surface area (Å²) in [7, 11) is 0. The standard InChI is InChI=1S/C27H21Cl3N4O4S/c28-18-4-1-3-17(24(18)30)21-8-9-22(38-21)25(35)32-27(39)31-16-6-7-20(19(29)15-16)33-10-12-34(13-11-33)26(36)23-5-2-14-37-23/h1-9,14-15H,10-13H2,(H2,31,32,35,39). The first-order chi connectivity index (χ1) is 18.8. The van der Waals surface area contributed by atoms with Crippen LogP contribution in [-0.2, 0) is 0 Å². The van der Waals surface area contributed by atoms with Gasteiger partial charge in [0.1, 0.15) is 5.76 Å². The van der Waals surface area contributed by atoms with Gasteiger partial charge in [0.15, 0.2) is 16.6 Å². The zero-order chi connectivity index (χ0) is 27.5. The molecule has 1 aliphatic heterocycles. The van der Waals surface area contributed by atoms with Gasteiger partial charge >= 0.3 is 0 Å². The van der Waals surface area contributed by atoms with Crippen LogP contribution < -0.4 is 15.5 Å². The van der Waals surface area contributed by atoms with Crippen LogP contribution in [0.5, 0.6) is 0 Å². The zero-order valence-electron chi connectivity index (χ0n) is 20.2. The lowest BCUT2D eigenvalue weighted by atomic mass is 10.2. The first-order valence-corrected chi connectivity index (χ1v) is 13.4. The molecule has 0 saturated carbocycles. The lowest BCUT2D eigenvalue weighted by molar-refractivity contribution is 0.0714. The summed E-state index contributed by atoms with van der Waals surface area (Å²) in [6.07, 6.45) is 1.49. The van der Waals surface area contributed by atoms with E-state index in [9.17, 15) is 9.59 Å². The van der Waals surface area contributed by atoms with E-state index in [4.69, 9.17) is 55.9 Å². The van der Waals surface area contributed by atoms with Gasteiger partial charge in [-0.1, -0.05) is 40.9 Å². The number of rotatable bonds is 5. The Morgan fingerprint density at radius 1 is 0.872 bits per heavy atom. The van der Waals surface area contributed by atoms with Crippen molar-refractivity contribution in [2.24, 2.45) is 0 Å². The number of halogens is 3. The van der Waals surface area contributed by atoms with Gasteiger partial charge in [0.25, 0.3) is 11.8 Å². The van der Waals surface area contributed by atoms with Crippen molar-refractivity contribution in [3.63, 3.8) is 0 Å². The molecule has 1 aliphatic rings. The average molecular weight is 604 g/mol. The summed E-state index contributed by atoms with van der Waals surface area (Å²) in [6, 6.07) is 17.1. The van der Waals surface area contributed by atoms with Crippen molar-refractivity contribution in [3.8, 4) is 11.3 Å². The molecule has 0 aliphatic carbocycles. The third kappa shape index (κ3) is 6.07. The SMILES string of the molecule is O=C(NC(=S)Nc1ccc(N2CCN(C(=O)c3ccco3)CC2)c(Cl)c1)c1ccc(-c2cccc(Cl)c2Cl)o1. The van der Waals surface area contributed by atoms with Gasteiger partial charge in [-0.15, -0.1) is 0 Å². The van der Waals surface area contributed by atoms with Gasteiger partial charge in [0.2, 0.25) is 0 Å². The smallest absolute Gasteiger partial charge is 0.293 e. The molecule has 1 fully saturated rings. The largest absolute Gasteiger partial charge is 0.459 e. The molecule has 0 radical (unpaired) electrons. The summed E-state index contributed by atoms with van der Waals surface area (Å²) < 4.78 is 10.9. The molecular formula is C27H21Cl3N4O4S. The number of benzene rings is 2. The summed E-state index contributed by atoms with van der Waals surface area (Å²) in [5, 5.41) is 6.85. The number of carbonyl (C=O) groups excluding carboxylic acids is 2. The fourth-order valence-electron chi connectivity index (χ4n) is 4.17. The normalized spacial score (nSPS) is 13.3. The molecular weight excluding hydrogens is 583 g/mol. The highest BCUT2D eigenvalue weighted by Crippen LogP contribution is 2.34. The van der Waals surface area contributed by atoms with E-state index in [1.54, 1.807) is 47.4 Å². The van der Waals surface area contributed by atoms with Gasteiger partial charge in [-0.05, 0) is 66.8 Å². The Bertz CT molecular complexity index is 1530. The average Bonchev–Trinajstić information content (AvgIpc) is 3.63. The number of carbonyl (C=O) groups is 2. The highest BCUT2D eigenvalue weighted by Gasteiger charge is 2.25. The predicted molar refractivity (Wildman–Crippen MR) is 156 cm³/mol. The summed E-state index contributed by atoms with van der Waals surface area (Å²) in [5.41, 5.74) is 2.01. The van der Waals surface area contributed by atoms with Crippen molar-refractivity contribution in [3.05, 3.63) is 93.5 Å². The molecule has 2 aromatic carbocycles. The maximum Gasteiger partial charge on any atom is 0.293 e. The lowest BCUT2D eigenvalue weighted by Gasteiger charge is -2.36. The quantitative estimate of drug-likeness (QED) is 0.249. The number of nitrogens with one attached hydrogen (secondary N) is 2. The van der Waals surface area contributed by atoms with E-state index in [2.05, 4.69) is 15.5 Å². The van der Waals surface area contributed by atoms with Gasteiger partial charge in [0.05, 0.1) is 27.0 Å². The van der Waals surface area contributed by atoms with E-state index < -0.39 is 5.91 Å². The van der Waals surface area contributed by atoms with Crippen LogP contribution in [-0.4, -0.2) is 48.0 Å². The second kappa shape index (κ2) is 11.7. The third-order valence-electron chi connectivity index (χ3n) is 6.12. The fraction of sp³-hybridized carbons (Fsp3) is 0.148. The number of hydrogen-bond acceptors (Lipinski definition) is 6. The molecule has 0 unspecified atom stereocenters. The summed E-state index contributed by atoms with van der Waals surface area (Å²) in [4.78, 5) is 29.0. The summed E-state index contributed by atoms with van der Waals surface area (Å²) in [6.45, 7) is 2.34. The number of amides is 2. The number of piperazine rings is 1. The maximum absolute atomic E-state index is 12.7. The van der Waals surface area contributed by atoms with Gasteiger partial charge < -0.3 is 24.0 Å². The first kappa shape index (κ1) is 27.1. The van der Waals surface area contributed by atoms with Crippen molar-refractivity contribution in [1.82, 2.24) is 10.2 Å². The van der Waals surface area contributed by atoms with Crippen LogP contribution in [0.2, 0.25) is 15.1 Å². The molecule has 2 N–H and O–H groups in total. The van der Waals surface area contributed by atoms with Gasteiger partial charge in [-0.2, -0.15) is 0 Å². The number of furan rings is 2. The minimum absolute atomic E-state index is 0.0586. The molecule has 12 heteroatoms. The van der Waals surface area contributed by atoms with Crippen LogP contribution in [0, 0.1) is 0 Å². The van der Waals surface area contributed by atoms with Crippen LogP contribution in [0.3, 0.4) is 0 Å². The fourth-order valence-corrected chi connectivity index (χ4v) is 5.08. The van der Waals surface area contributed by atoms with Crippen molar-refractivity contribution in [2.75, 3.05) is 36.4 Å². The molecule has 2 amide bonds. The predicted octanol–water partition coefficient (Wildman–Crippen LogP) is 6.59. The Kier molecular flexibility index (Phi) is 8.13. The Labute approximate surface area is 244 Å². The monoisotopic (exact) mass is 602 g/mol. The molecule has 3 heterocycles. The van der Waals surface area contributed by atoms with E-state index in [1.165, 1.54) is 12.3 Å². The van der Waals surface area contributed by atoms with Crippen molar-refractivity contribution in [2.45, 2.75) is 0 Å². The topological polar surface area (TPSA) is 91.0 Å². The lowest BCUT2D eigenvalue weighted by Crippen LogP contribution is -2.48. The number of nitrogens with zero attached hydrogens (tertiary/aromatic N) is 2. The van der Waals surface area contributed by atoms with Crippen molar-refractivity contribution >= 4 is 75.3 Å². The van der Waals surface area contributed by atoms with Gasteiger partial charge in [-0.25, -0.2) is 0 Å². The minimum Gasteiger partial charge on any atom is -0.459 e. The minimum atomic E-state index is -0.526. The zero-order valence-corrected chi connectivity index (χ0v) is 23.3. The van der Waals surface area contributed by atoms with Gasteiger partial charge in [0, 0.05) is 37.4 Å². The van der Waals surface area contributed by atoms with Gasteiger partial charge in [-0.3, -0.25) is 14.9 Å². The number of anilines is 2. The van der Waals surface area contributed by atoms with E-state index in [0.717, 1.165) is 5.69 Å². The molecule has 5 rings (SSSR count). The molecule has 0 atom stereocenters. The number of hydrogen-bond donors (Lipinski definition) is 2. The maximum atomic E-state index is 12.7. The highest BCUT2D eigenvalue weighted by molar-refractivity contribution is 7.80. The second-order valence-corrected chi connectivity index (χ2v) is 10.2. The van der Waals surface area contributed by atoms with Crippen LogP contribution >= 0.6 is 47.0 Å². The van der Waals surface area contributed by atoms with E-state index in [1.807, 2.05) is 12.1 Å². The first-order valence-electron chi connectivity index (χ1n) is 11.8. The molecule has 0 bridgehead atoms. The molecule has 0 spiro atoms. The van der Waals surface area contributed by atoms with E-state index in [0.29, 0.717) is 64.0 Å². The Morgan fingerprint density at radius 3 is 2.38 bits per heavy atom. The Hall–Kier alpha value is -3.50. The molecule has 8 nitrogen and oxygen atoms in total. The highest BCUT2D eigenvalue weighted by atomic mass is 35.5. The van der Waals surface area contributed by atoms with Crippen LogP contribution in [0.4, 0.5) is 11.4 Å². The van der Waals surface area contributed by atoms with E-state index in [-0.39, 0.29) is 16.8 Å². The summed E-state index contributed by atoms with van der Waals surface area (Å²) >= 11 is 24.2. The number of thiocarbonyl (C=S) groups is 1.